The van der Waals surface area contributed by atoms with Gasteiger partial charge in [-0.1, -0.05) is 13.0 Å². The number of amides is 1. The predicted octanol–water partition coefficient (Wildman–Crippen LogP) is 2.58. The molecule has 5 nitrogen and oxygen atoms in total. The van der Waals surface area contributed by atoms with E-state index in [0.717, 1.165) is 35.8 Å². The van der Waals surface area contributed by atoms with E-state index in [0.29, 0.717) is 32.3 Å². The van der Waals surface area contributed by atoms with Gasteiger partial charge in [0.15, 0.2) is 11.5 Å². The van der Waals surface area contributed by atoms with Crippen LogP contribution in [0, 0.1) is 5.92 Å². The van der Waals surface area contributed by atoms with Gasteiger partial charge in [0.1, 0.15) is 13.2 Å². The summed E-state index contributed by atoms with van der Waals surface area (Å²) in [6.07, 6.45) is 4.66. The third-order valence-corrected chi connectivity index (χ3v) is 4.85. The van der Waals surface area contributed by atoms with Gasteiger partial charge in [-0.25, -0.2) is 0 Å². The van der Waals surface area contributed by atoms with E-state index in [1.807, 2.05) is 30.1 Å². The lowest BCUT2D eigenvalue weighted by Crippen LogP contribution is -2.42. The molecule has 0 bridgehead atoms. The lowest BCUT2D eigenvalue weighted by molar-refractivity contribution is -0.123. The third kappa shape index (κ3) is 4.63. The van der Waals surface area contributed by atoms with E-state index in [-0.39, 0.29) is 5.91 Å². The first kappa shape index (κ1) is 17.1. The highest BCUT2D eigenvalue weighted by Crippen LogP contribution is 2.31. The molecule has 1 amide bonds. The average Bonchev–Trinajstić information content (AvgIpc) is 2.56. The van der Waals surface area contributed by atoms with Crippen LogP contribution in [-0.4, -0.2) is 43.7 Å². The maximum atomic E-state index is 12.2. The molecule has 2 aliphatic rings. The zero-order valence-electron chi connectivity index (χ0n) is 14.7. The highest BCUT2D eigenvalue weighted by Gasteiger charge is 2.20. The van der Waals surface area contributed by atoms with Crippen LogP contribution in [0.25, 0.3) is 0 Å². The van der Waals surface area contributed by atoms with Gasteiger partial charge < -0.3 is 14.8 Å². The van der Waals surface area contributed by atoms with Gasteiger partial charge >= 0.3 is 0 Å². The molecule has 1 saturated carbocycles. The van der Waals surface area contributed by atoms with Crippen molar-refractivity contribution in [2.75, 3.05) is 26.8 Å². The van der Waals surface area contributed by atoms with Crippen LogP contribution in [0.15, 0.2) is 18.2 Å². The van der Waals surface area contributed by atoms with Crippen LogP contribution in [0.1, 0.15) is 38.2 Å². The van der Waals surface area contributed by atoms with Crippen LogP contribution in [0.5, 0.6) is 11.5 Å². The number of rotatable bonds is 5. The Labute approximate surface area is 144 Å². The van der Waals surface area contributed by atoms with Crippen molar-refractivity contribution in [3.05, 3.63) is 23.8 Å². The second-order valence-electron chi connectivity index (χ2n) is 7.17. The third-order valence-electron chi connectivity index (χ3n) is 4.85. The van der Waals surface area contributed by atoms with Crippen LogP contribution in [0.3, 0.4) is 0 Å². The molecule has 1 aromatic rings. The van der Waals surface area contributed by atoms with Crippen molar-refractivity contribution in [3.8, 4) is 11.5 Å². The Balaban J connectivity index is 1.46. The minimum absolute atomic E-state index is 0.120. The fourth-order valence-electron chi connectivity index (χ4n) is 3.48. The second-order valence-corrected chi connectivity index (χ2v) is 7.17. The highest BCUT2D eigenvalue weighted by atomic mass is 16.6. The summed E-state index contributed by atoms with van der Waals surface area (Å²) in [5, 5.41) is 3.18. The number of carbonyl (C=O) groups is 1. The molecule has 24 heavy (non-hydrogen) atoms. The first-order valence-electron chi connectivity index (χ1n) is 8.96. The topological polar surface area (TPSA) is 50.8 Å². The van der Waals surface area contributed by atoms with E-state index in [1.54, 1.807) is 0 Å². The van der Waals surface area contributed by atoms with Crippen molar-refractivity contribution in [1.29, 1.82) is 0 Å². The Morgan fingerprint density at radius 2 is 1.88 bits per heavy atom. The van der Waals surface area contributed by atoms with Crippen molar-refractivity contribution in [2.24, 2.45) is 5.92 Å². The minimum Gasteiger partial charge on any atom is -0.486 e. The van der Waals surface area contributed by atoms with Crippen LogP contribution in [-0.2, 0) is 11.3 Å². The van der Waals surface area contributed by atoms with Gasteiger partial charge in [0, 0.05) is 12.6 Å². The average molecular weight is 332 g/mol. The van der Waals surface area contributed by atoms with Crippen LogP contribution in [0.4, 0.5) is 0 Å². The normalized spacial score (nSPS) is 23.1. The number of hydrogen-bond acceptors (Lipinski definition) is 4. The molecular formula is C19H28N2O3. The van der Waals surface area contributed by atoms with Crippen LogP contribution in [0.2, 0.25) is 0 Å². The summed E-state index contributed by atoms with van der Waals surface area (Å²) in [5.74, 6) is 2.52. The fourth-order valence-corrected chi connectivity index (χ4v) is 3.48. The molecular weight excluding hydrogens is 304 g/mol. The van der Waals surface area contributed by atoms with Gasteiger partial charge in [0.05, 0.1) is 6.54 Å². The summed E-state index contributed by atoms with van der Waals surface area (Å²) < 4.78 is 11.2. The molecule has 0 radical (unpaired) electrons. The standard InChI is InChI=1S/C19H28N2O3/c1-14-3-6-16(7-4-14)20-19(22)13-21(2)12-15-5-8-17-18(11-15)24-10-9-23-17/h5,8,11,14,16H,3-4,6-7,9-10,12-13H2,1-2H3,(H,20,22). The second kappa shape index (κ2) is 7.88. The molecule has 1 fully saturated rings. The number of nitrogens with one attached hydrogen (secondary N) is 1. The largest absolute Gasteiger partial charge is 0.486 e. The lowest BCUT2D eigenvalue weighted by atomic mass is 9.87. The van der Waals surface area contributed by atoms with Crippen molar-refractivity contribution in [1.82, 2.24) is 10.2 Å². The van der Waals surface area contributed by atoms with E-state index in [1.165, 1.54) is 12.8 Å². The Hall–Kier alpha value is -1.75. The number of fused-ring (bicyclic) bond motifs is 1. The monoisotopic (exact) mass is 332 g/mol. The van der Waals surface area contributed by atoms with Gasteiger partial charge in [-0.15, -0.1) is 0 Å². The molecule has 1 heterocycles. The first-order valence-corrected chi connectivity index (χ1v) is 8.96. The molecule has 0 aromatic heterocycles. The molecule has 1 N–H and O–H groups in total. The SMILES string of the molecule is CC1CCC(NC(=O)CN(C)Cc2ccc3c(c2)OCCO3)CC1. The number of carbonyl (C=O) groups excluding carboxylic acids is 1. The maximum Gasteiger partial charge on any atom is 0.234 e. The van der Waals surface area contributed by atoms with E-state index in [4.69, 9.17) is 9.47 Å². The Morgan fingerprint density at radius 3 is 2.62 bits per heavy atom. The van der Waals surface area contributed by atoms with Crippen molar-refractivity contribution in [2.45, 2.75) is 45.2 Å². The van der Waals surface area contributed by atoms with Gasteiger partial charge in [0.25, 0.3) is 0 Å². The maximum absolute atomic E-state index is 12.2. The summed E-state index contributed by atoms with van der Waals surface area (Å²) in [4.78, 5) is 14.3. The fraction of sp³-hybridized carbons (Fsp3) is 0.632. The molecule has 132 valence electrons. The number of nitrogens with zero attached hydrogens (tertiary/aromatic N) is 1. The van der Waals surface area contributed by atoms with Crippen LogP contribution >= 0.6 is 0 Å². The van der Waals surface area contributed by atoms with E-state index in [2.05, 4.69) is 12.2 Å². The van der Waals surface area contributed by atoms with Gasteiger partial charge in [-0.2, -0.15) is 0 Å². The van der Waals surface area contributed by atoms with E-state index < -0.39 is 0 Å². The van der Waals surface area contributed by atoms with Gasteiger partial charge in [-0.3, -0.25) is 9.69 Å². The summed E-state index contributed by atoms with van der Waals surface area (Å²) in [6.45, 7) is 4.62. The number of hydrogen-bond donors (Lipinski definition) is 1. The summed E-state index contributed by atoms with van der Waals surface area (Å²) in [6, 6.07) is 6.34. The Morgan fingerprint density at radius 1 is 1.17 bits per heavy atom. The molecule has 1 aliphatic carbocycles. The lowest BCUT2D eigenvalue weighted by Gasteiger charge is -2.27. The van der Waals surface area contributed by atoms with Crippen molar-refractivity contribution in [3.63, 3.8) is 0 Å². The molecule has 1 aromatic carbocycles. The summed E-state index contributed by atoms with van der Waals surface area (Å²) >= 11 is 0. The smallest absolute Gasteiger partial charge is 0.234 e. The van der Waals surface area contributed by atoms with E-state index >= 15 is 0 Å². The Kier molecular flexibility index (Phi) is 5.61. The summed E-state index contributed by atoms with van der Waals surface area (Å²) in [5.41, 5.74) is 1.13. The zero-order valence-corrected chi connectivity index (χ0v) is 14.7. The number of likely N-dealkylation sites (N-methyl/N-ethyl adjacent to an activating group) is 1. The van der Waals surface area contributed by atoms with Gasteiger partial charge in [0.2, 0.25) is 5.91 Å². The minimum atomic E-state index is 0.120. The van der Waals surface area contributed by atoms with E-state index in [9.17, 15) is 4.79 Å². The zero-order chi connectivity index (χ0) is 16.9. The number of ether oxygens (including phenoxy) is 2. The Bertz CT molecular complexity index is 568. The first-order chi connectivity index (χ1) is 11.6. The molecule has 1 aliphatic heterocycles. The van der Waals surface area contributed by atoms with Crippen molar-refractivity contribution < 1.29 is 14.3 Å². The molecule has 0 spiro atoms. The molecule has 0 saturated heterocycles. The summed E-state index contributed by atoms with van der Waals surface area (Å²) in [7, 11) is 1.97. The molecule has 0 unspecified atom stereocenters. The molecule has 0 atom stereocenters. The quantitative estimate of drug-likeness (QED) is 0.900. The molecule has 3 rings (SSSR count). The van der Waals surface area contributed by atoms with Gasteiger partial charge in [-0.05, 0) is 56.3 Å². The predicted molar refractivity (Wildman–Crippen MR) is 93.3 cm³/mol. The molecule has 5 heteroatoms. The van der Waals surface area contributed by atoms with Crippen LogP contribution < -0.4 is 14.8 Å². The highest BCUT2D eigenvalue weighted by molar-refractivity contribution is 5.78. The van der Waals surface area contributed by atoms with Crippen molar-refractivity contribution >= 4 is 5.91 Å². The number of benzene rings is 1.